The first-order valence-corrected chi connectivity index (χ1v) is 12.7. The fourth-order valence-corrected chi connectivity index (χ4v) is 4.94. The van der Waals surface area contributed by atoms with E-state index < -0.39 is 10.8 Å². The second kappa shape index (κ2) is 9.25. The van der Waals surface area contributed by atoms with Gasteiger partial charge in [0.05, 0.1) is 5.41 Å². The van der Waals surface area contributed by atoms with Crippen molar-refractivity contribution in [3.05, 3.63) is 77.4 Å². The number of hydrogen-bond donors (Lipinski definition) is 1. The third kappa shape index (κ3) is 4.93. The summed E-state index contributed by atoms with van der Waals surface area (Å²) < 4.78 is 10.9. The molecule has 0 atom stereocenters. The molecule has 2 aliphatic rings. The predicted molar refractivity (Wildman–Crippen MR) is 147 cm³/mol. The molecule has 6 heteroatoms. The first-order chi connectivity index (χ1) is 17.6. The number of aryl methyl sites for hydroxylation is 1. The quantitative estimate of drug-likeness (QED) is 0.431. The summed E-state index contributed by atoms with van der Waals surface area (Å²) >= 11 is 0. The Balaban J connectivity index is 0.00000336. The van der Waals surface area contributed by atoms with Gasteiger partial charge in [0, 0.05) is 26.1 Å². The molecule has 1 N–H and O–H groups in total. The van der Waals surface area contributed by atoms with E-state index in [9.17, 15) is 9.59 Å². The van der Waals surface area contributed by atoms with Gasteiger partial charge in [-0.05, 0) is 71.8 Å². The van der Waals surface area contributed by atoms with E-state index in [1.165, 1.54) is 0 Å². The van der Waals surface area contributed by atoms with Gasteiger partial charge < -0.3 is 19.7 Å². The van der Waals surface area contributed by atoms with Crippen molar-refractivity contribution in [2.45, 2.75) is 52.5 Å². The van der Waals surface area contributed by atoms with Crippen molar-refractivity contribution in [3.63, 3.8) is 0 Å². The van der Waals surface area contributed by atoms with Crippen LogP contribution in [0.2, 0.25) is 0 Å². The van der Waals surface area contributed by atoms with Crippen LogP contribution in [0.25, 0.3) is 11.1 Å². The number of carbonyl (C=O) groups is 2. The molecule has 0 bridgehead atoms. The zero-order valence-electron chi connectivity index (χ0n) is 22.2. The van der Waals surface area contributed by atoms with Gasteiger partial charge in [-0.1, -0.05) is 57.2 Å². The SMILES string of the molecule is Cc1ccc(NC(=O)C2(c3ccc4c(c3)OCO4)CC2)cc1-c1ccc(CN(C)C(=O)C(C)(C)C)cc1.[HH]. The third-order valence-electron chi connectivity index (χ3n) is 7.28. The molecule has 194 valence electrons. The van der Waals surface area contributed by atoms with Gasteiger partial charge in [-0.25, -0.2) is 0 Å². The number of carbonyl (C=O) groups excluding carboxylic acids is 2. The number of nitrogens with one attached hydrogen (secondary N) is 1. The summed E-state index contributed by atoms with van der Waals surface area (Å²) in [5.74, 6) is 1.54. The maximum absolute atomic E-state index is 13.4. The molecule has 0 aromatic heterocycles. The summed E-state index contributed by atoms with van der Waals surface area (Å²) in [6.07, 6.45) is 1.62. The molecule has 3 aromatic carbocycles. The Bertz CT molecular complexity index is 1360. The number of fused-ring (bicyclic) bond motifs is 1. The van der Waals surface area contributed by atoms with Gasteiger partial charge >= 0.3 is 0 Å². The fraction of sp³-hybridized carbons (Fsp3) is 0.355. The van der Waals surface area contributed by atoms with Crippen molar-refractivity contribution < 1.29 is 20.5 Å². The molecule has 0 radical (unpaired) electrons. The maximum atomic E-state index is 13.4. The Kier molecular flexibility index (Phi) is 6.22. The van der Waals surface area contributed by atoms with Gasteiger partial charge in [0.15, 0.2) is 11.5 Å². The van der Waals surface area contributed by atoms with Crippen LogP contribution in [0.3, 0.4) is 0 Å². The number of amides is 2. The zero-order chi connectivity index (χ0) is 26.4. The van der Waals surface area contributed by atoms with Crippen molar-refractivity contribution in [1.82, 2.24) is 4.90 Å². The van der Waals surface area contributed by atoms with E-state index in [0.29, 0.717) is 12.3 Å². The van der Waals surface area contributed by atoms with Gasteiger partial charge in [-0.3, -0.25) is 9.59 Å². The molecular weight excluding hydrogens is 464 g/mol. The zero-order valence-corrected chi connectivity index (χ0v) is 22.2. The summed E-state index contributed by atoms with van der Waals surface area (Å²) in [4.78, 5) is 27.7. The minimum absolute atomic E-state index is 0. The van der Waals surface area contributed by atoms with Crippen LogP contribution in [0.1, 0.15) is 51.7 Å². The number of nitrogens with zero attached hydrogens (tertiary/aromatic N) is 1. The number of benzene rings is 3. The van der Waals surface area contributed by atoms with Crippen molar-refractivity contribution in [2.24, 2.45) is 5.41 Å². The number of rotatable bonds is 6. The van der Waals surface area contributed by atoms with E-state index in [1.54, 1.807) is 4.90 Å². The van der Waals surface area contributed by atoms with Crippen molar-refractivity contribution in [2.75, 3.05) is 19.2 Å². The summed E-state index contributed by atoms with van der Waals surface area (Å²) in [7, 11) is 1.84. The summed E-state index contributed by atoms with van der Waals surface area (Å²) in [5, 5.41) is 3.16. The first kappa shape index (κ1) is 24.9. The largest absolute Gasteiger partial charge is 0.454 e. The van der Waals surface area contributed by atoms with Crippen molar-refractivity contribution >= 4 is 17.5 Å². The normalized spacial score (nSPS) is 15.3. The van der Waals surface area contributed by atoms with Gasteiger partial charge in [-0.2, -0.15) is 0 Å². The molecule has 3 aromatic rings. The molecule has 2 amide bonds. The highest BCUT2D eigenvalue weighted by atomic mass is 16.7. The molecule has 1 saturated carbocycles. The third-order valence-corrected chi connectivity index (χ3v) is 7.28. The molecule has 0 unspecified atom stereocenters. The van der Waals surface area contributed by atoms with E-state index in [4.69, 9.17) is 9.47 Å². The second-order valence-corrected chi connectivity index (χ2v) is 11.2. The van der Waals surface area contributed by atoms with Gasteiger partial charge in [-0.15, -0.1) is 0 Å². The highest BCUT2D eigenvalue weighted by Gasteiger charge is 2.51. The molecular formula is C31H36N2O4. The Labute approximate surface area is 220 Å². The van der Waals surface area contributed by atoms with Crippen LogP contribution < -0.4 is 14.8 Å². The number of ether oxygens (including phenoxy) is 2. The second-order valence-electron chi connectivity index (χ2n) is 11.2. The van der Waals surface area contributed by atoms with Gasteiger partial charge in [0.2, 0.25) is 18.6 Å². The van der Waals surface area contributed by atoms with Gasteiger partial charge in [0.25, 0.3) is 0 Å². The lowest BCUT2D eigenvalue weighted by Crippen LogP contribution is -2.36. The van der Waals surface area contributed by atoms with Gasteiger partial charge in [0.1, 0.15) is 0 Å². The van der Waals surface area contributed by atoms with Crippen molar-refractivity contribution in [1.29, 1.82) is 0 Å². The smallest absolute Gasteiger partial charge is 0.235 e. The Morgan fingerprint density at radius 3 is 2.35 bits per heavy atom. The van der Waals surface area contributed by atoms with Crippen LogP contribution in [-0.2, 0) is 21.5 Å². The molecule has 1 aliphatic heterocycles. The first-order valence-electron chi connectivity index (χ1n) is 12.7. The van der Waals surface area contributed by atoms with Crippen LogP contribution in [0.4, 0.5) is 5.69 Å². The molecule has 5 rings (SSSR count). The molecule has 0 spiro atoms. The maximum Gasteiger partial charge on any atom is 0.235 e. The summed E-state index contributed by atoms with van der Waals surface area (Å²) in [6.45, 7) is 8.65. The predicted octanol–water partition coefficient (Wildman–Crippen LogP) is 6.31. The van der Waals surface area contributed by atoms with Crippen LogP contribution in [0, 0.1) is 12.3 Å². The Hall–Kier alpha value is -3.80. The minimum atomic E-state index is -0.524. The van der Waals surface area contributed by atoms with E-state index in [0.717, 1.165) is 52.1 Å². The summed E-state index contributed by atoms with van der Waals surface area (Å²) in [6, 6.07) is 20.1. The molecule has 0 saturated heterocycles. The fourth-order valence-electron chi connectivity index (χ4n) is 4.94. The van der Waals surface area contributed by atoms with E-state index in [2.05, 4.69) is 36.5 Å². The average molecular weight is 501 g/mol. The number of anilines is 1. The Morgan fingerprint density at radius 2 is 1.68 bits per heavy atom. The molecule has 1 heterocycles. The summed E-state index contributed by atoms with van der Waals surface area (Å²) in [5.41, 5.74) is 5.15. The Morgan fingerprint density at radius 1 is 0.973 bits per heavy atom. The lowest BCUT2D eigenvalue weighted by atomic mass is 9.94. The lowest BCUT2D eigenvalue weighted by molar-refractivity contribution is -0.138. The monoisotopic (exact) mass is 500 g/mol. The minimum Gasteiger partial charge on any atom is -0.454 e. The van der Waals surface area contributed by atoms with Crippen molar-refractivity contribution in [3.8, 4) is 22.6 Å². The highest BCUT2D eigenvalue weighted by Crippen LogP contribution is 2.51. The topological polar surface area (TPSA) is 67.9 Å². The van der Waals surface area contributed by atoms with E-state index in [-0.39, 0.29) is 20.0 Å². The highest BCUT2D eigenvalue weighted by molar-refractivity contribution is 6.02. The van der Waals surface area contributed by atoms with E-state index >= 15 is 0 Å². The molecule has 37 heavy (non-hydrogen) atoms. The average Bonchev–Trinajstić information content (AvgIpc) is 3.55. The standard InChI is InChI=1S/C31H34N2O4.H2/c1-20-6-12-24(32-28(34)31(14-15-31)23-11-13-26-27(16-23)37-19-36-26)17-25(20)22-9-7-21(8-10-22)18-33(5)29(35)30(2,3)4;/h6-13,16-17H,14-15,18-19H2,1-5H3,(H,32,34);1H. The number of hydrogen-bond acceptors (Lipinski definition) is 4. The van der Waals surface area contributed by atoms with Crippen LogP contribution >= 0.6 is 0 Å². The molecule has 1 aliphatic carbocycles. The lowest BCUT2D eigenvalue weighted by Gasteiger charge is -2.26. The molecule has 1 fully saturated rings. The molecule has 6 nitrogen and oxygen atoms in total. The van der Waals surface area contributed by atoms with Crippen LogP contribution in [0.15, 0.2) is 60.7 Å². The van der Waals surface area contributed by atoms with Crippen LogP contribution in [-0.4, -0.2) is 30.6 Å². The van der Waals surface area contributed by atoms with E-state index in [1.807, 2.05) is 64.2 Å². The van der Waals surface area contributed by atoms with Crippen LogP contribution in [0.5, 0.6) is 11.5 Å².